The molecule has 0 saturated carbocycles. The van der Waals surface area contributed by atoms with E-state index in [0.29, 0.717) is 10.8 Å². The lowest BCUT2D eigenvalue weighted by Gasteiger charge is -2.34. The molecule has 5 rings (SSSR count). The third-order valence-corrected chi connectivity index (χ3v) is 6.51. The molecule has 1 fully saturated rings. The number of hydrogen-bond donors (Lipinski definition) is 1. The maximum absolute atomic E-state index is 12.8. The molecular weight excluding hydrogens is 412 g/mol. The summed E-state index contributed by atoms with van der Waals surface area (Å²) < 4.78 is 1.87. The first-order valence-electron chi connectivity index (χ1n) is 10.4. The SMILES string of the molecule is CCN1CCN(c2ccc3nc(C(=O)Nc4cn5cc(C)nc5c(C)n4)sc3n2)CC1. The van der Waals surface area contributed by atoms with Crippen LogP contribution in [0.5, 0.6) is 0 Å². The van der Waals surface area contributed by atoms with Crippen LogP contribution in [-0.2, 0) is 0 Å². The Bertz CT molecular complexity index is 1270. The number of aromatic nitrogens is 5. The molecule has 10 heteroatoms. The largest absolute Gasteiger partial charge is 0.354 e. The average Bonchev–Trinajstić information content (AvgIpc) is 3.36. The van der Waals surface area contributed by atoms with Gasteiger partial charge in [-0.05, 0) is 32.5 Å². The van der Waals surface area contributed by atoms with Gasteiger partial charge in [0.2, 0.25) is 0 Å². The van der Waals surface area contributed by atoms with E-state index < -0.39 is 0 Å². The van der Waals surface area contributed by atoms with Crippen molar-refractivity contribution in [3.8, 4) is 0 Å². The van der Waals surface area contributed by atoms with Crippen LogP contribution in [0.15, 0.2) is 24.5 Å². The predicted octanol–water partition coefficient (Wildman–Crippen LogP) is 2.75. The summed E-state index contributed by atoms with van der Waals surface area (Å²) in [5.74, 6) is 1.12. The zero-order valence-corrected chi connectivity index (χ0v) is 18.6. The normalized spacial score (nSPS) is 15.1. The fraction of sp³-hybridized carbons (Fsp3) is 0.381. The van der Waals surface area contributed by atoms with E-state index in [9.17, 15) is 4.79 Å². The number of imidazole rings is 1. The second-order valence-electron chi connectivity index (χ2n) is 7.71. The maximum atomic E-state index is 12.8. The van der Waals surface area contributed by atoms with Crippen molar-refractivity contribution in [2.24, 2.45) is 0 Å². The molecule has 9 nitrogen and oxygen atoms in total. The van der Waals surface area contributed by atoms with Crippen LogP contribution in [0.4, 0.5) is 11.6 Å². The van der Waals surface area contributed by atoms with Crippen molar-refractivity contribution in [1.82, 2.24) is 29.2 Å². The van der Waals surface area contributed by atoms with Gasteiger partial charge in [-0.25, -0.2) is 19.9 Å². The molecule has 0 aliphatic carbocycles. The molecule has 0 spiro atoms. The van der Waals surface area contributed by atoms with Gasteiger partial charge >= 0.3 is 0 Å². The van der Waals surface area contributed by atoms with Crippen molar-refractivity contribution in [1.29, 1.82) is 0 Å². The molecule has 160 valence electrons. The fourth-order valence-corrected chi connectivity index (χ4v) is 4.71. The monoisotopic (exact) mass is 436 g/mol. The Hall–Kier alpha value is -3.11. The molecule has 0 radical (unpaired) electrons. The first-order valence-corrected chi connectivity index (χ1v) is 11.2. The minimum absolute atomic E-state index is 0.288. The van der Waals surface area contributed by atoms with Gasteiger partial charge in [0, 0.05) is 32.4 Å². The Labute approximate surface area is 183 Å². The third-order valence-electron chi connectivity index (χ3n) is 5.55. The van der Waals surface area contributed by atoms with E-state index in [1.165, 1.54) is 11.3 Å². The van der Waals surface area contributed by atoms with E-state index in [1.807, 2.05) is 36.6 Å². The average molecular weight is 437 g/mol. The summed E-state index contributed by atoms with van der Waals surface area (Å²) >= 11 is 1.30. The number of fused-ring (bicyclic) bond motifs is 2. The number of thiazole rings is 1. The minimum Gasteiger partial charge on any atom is -0.354 e. The standard InChI is InChI=1S/C21H24N8OS/c1-4-27-7-9-28(10-8-27)17-6-5-15-20(26-17)31-21(24-15)19(30)25-16-12-29-11-13(2)22-18(29)14(3)23-16/h5-6,11-12H,4,7-10H2,1-3H3,(H,25,30). The van der Waals surface area contributed by atoms with E-state index in [-0.39, 0.29) is 5.91 Å². The quantitative estimate of drug-likeness (QED) is 0.526. The first-order chi connectivity index (χ1) is 15.0. The molecule has 0 bridgehead atoms. The van der Waals surface area contributed by atoms with Crippen molar-refractivity contribution in [3.63, 3.8) is 0 Å². The number of piperazine rings is 1. The van der Waals surface area contributed by atoms with Crippen LogP contribution in [-0.4, -0.2) is 67.9 Å². The van der Waals surface area contributed by atoms with Gasteiger partial charge in [0.15, 0.2) is 10.7 Å². The lowest BCUT2D eigenvalue weighted by molar-refractivity contribution is 0.102. The van der Waals surface area contributed by atoms with Crippen molar-refractivity contribution in [2.45, 2.75) is 20.8 Å². The number of nitrogens with zero attached hydrogens (tertiary/aromatic N) is 7. The Morgan fingerprint density at radius 2 is 1.87 bits per heavy atom. The zero-order chi connectivity index (χ0) is 21.5. The summed E-state index contributed by atoms with van der Waals surface area (Å²) in [4.78, 5) is 36.5. The Kier molecular flexibility index (Phi) is 5.03. The van der Waals surface area contributed by atoms with Crippen molar-refractivity contribution in [2.75, 3.05) is 42.9 Å². The highest BCUT2D eigenvalue weighted by atomic mass is 32.1. The number of likely N-dealkylation sites (N-methyl/N-ethyl adjacent to an activating group) is 1. The van der Waals surface area contributed by atoms with Crippen LogP contribution in [0.3, 0.4) is 0 Å². The second-order valence-corrected chi connectivity index (χ2v) is 8.69. The molecule has 1 N–H and O–H groups in total. The number of amides is 1. The molecule has 1 aliphatic heterocycles. The number of nitrogens with one attached hydrogen (secondary N) is 1. The number of hydrogen-bond acceptors (Lipinski definition) is 8. The molecule has 4 aromatic rings. The van der Waals surface area contributed by atoms with Gasteiger partial charge in [0.1, 0.15) is 22.0 Å². The molecule has 1 amide bonds. The van der Waals surface area contributed by atoms with E-state index >= 15 is 0 Å². The Morgan fingerprint density at radius 1 is 1.06 bits per heavy atom. The molecule has 5 heterocycles. The van der Waals surface area contributed by atoms with Gasteiger partial charge in [0.05, 0.1) is 17.6 Å². The van der Waals surface area contributed by atoms with Gasteiger partial charge < -0.3 is 19.5 Å². The summed E-state index contributed by atoms with van der Waals surface area (Å²) in [6.45, 7) is 11.1. The lowest BCUT2D eigenvalue weighted by Crippen LogP contribution is -2.46. The fourth-order valence-electron chi connectivity index (χ4n) is 3.88. The minimum atomic E-state index is -0.288. The number of rotatable bonds is 4. The van der Waals surface area contributed by atoms with E-state index in [4.69, 9.17) is 4.98 Å². The van der Waals surface area contributed by atoms with Crippen LogP contribution in [0.2, 0.25) is 0 Å². The smallest absolute Gasteiger partial charge is 0.285 e. The summed E-state index contributed by atoms with van der Waals surface area (Å²) in [7, 11) is 0. The molecular formula is C21H24N8OS. The van der Waals surface area contributed by atoms with Gasteiger partial charge in [-0.3, -0.25) is 4.79 Å². The van der Waals surface area contributed by atoms with Crippen LogP contribution >= 0.6 is 11.3 Å². The predicted molar refractivity (Wildman–Crippen MR) is 122 cm³/mol. The zero-order valence-electron chi connectivity index (χ0n) is 17.8. The first kappa shape index (κ1) is 19.8. The van der Waals surface area contributed by atoms with E-state index in [2.05, 4.69) is 37.0 Å². The number of pyridine rings is 1. The summed E-state index contributed by atoms with van der Waals surface area (Å²) in [5, 5.41) is 3.23. The van der Waals surface area contributed by atoms with Gasteiger partial charge in [-0.15, -0.1) is 0 Å². The summed E-state index contributed by atoms with van der Waals surface area (Å²) in [6, 6.07) is 3.94. The van der Waals surface area contributed by atoms with Crippen LogP contribution < -0.4 is 10.2 Å². The highest BCUT2D eigenvalue weighted by molar-refractivity contribution is 7.20. The highest BCUT2D eigenvalue weighted by Gasteiger charge is 2.19. The van der Waals surface area contributed by atoms with Gasteiger partial charge in [-0.2, -0.15) is 0 Å². The molecule has 0 aromatic carbocycles. The van der Waals surface area contributed by atoms with E-state index in [0.717, 1.165) is 65.9 Å². The van der Waals surface area contributed by atoms with Gasteiger partial charge in [-0.1, -0.05) is 18.3 Å². The summed E-state index contributed by atoms with van der Waals surface area (Å²) in [5.41, 5.74) is 3.17. The number of aryl methyl sites for hydroxylation is 2. The van der Waals surface area contributed by atoms with Crippen LogP contribution in [0, 0.1) is 13.8 Å². The summed E-state index contributed by atoms with van der Waals surface area (Å²) in [6.07, 6.45) is 3.67. The third kappa shape index (κ3) is 3.84. The van der Waals surface area contributed by atoms with Crippen LogP contribution in [0.25, 0.3) is 16.0 Å². The Balaban J connectivity index is 1.36. The Morgan fingerprint density at radius 3 is 2.65 bits per heavy atom. The second kappa shape index (κ2) is 7.86. The number of carbonyl (C=O) groups excluding carboxylic acids is 1. The molecule has 0 unspecified atom stereocenters. The molecule has 1 aliphatic rings. The van der Waals surface area contributed by atoms with Crippen LogP contribution in [0.1, 0.15) is 28.1 Å². The molecule has 0 atom stereocenters. The molecule has 31 heavy (non-hydrogen) atoms. The molecule has 4 aromatic heterocycles. The topological polar surface area (TPSA) is 91.5 Å². The van der Waals surface area contributed by atoms with E-state index in [1.54, 1.807) is 6.20 Å². The maximum Gasteiger partial charge on any atom is 0.285 e. The number of carbonyl (C=O) groups is 1. The molecule has 1 saturated heterocycles. The van der Waals surface area contributed by atoms with Crippen molar-refractivity contribution < 1.29 is 4.79 Å². The van der Waals surface area contributed by atoms with Crippen molar-refractivity contribution in [3.05, 3.63) is 40.9 Å². The van der Waals surface area contributed by atoms with Gasteiger partial charge in [0.25, 0.3) is 5.91 Å². The number of anilines is 2. The lowest BCUT2D eigenvalue weighted by atomic mass is 10.3. The highest BCUT2D eigenvalue weighted by Crippen LogP contribution is 2.25. The van der Waals surface area contributed by atoms with Crippen molar-refractivity contribution >= 4 is 44.9 Å².